The molecule has 0 radical (unpaired) electrons. The molecule has 0 spiro atoms. The van der Waals surface area contributed by atoms with Crippen LogP contribution in [0.1, 0.15) is 30.9 Å². The van der Waals surface area contributed by atoms with Gasteiger partial charge in [-0.3, -0.25) is 0 Å². The Morgan fingerprint density at radius 1 is 1.38 bits per heavy atom. The number of hydrogen-bond donors (Lipinski definition) is 1. The summed E-state index contributed by atoms with van der Waals surface area (Å²) in [6.07, 6.45) is 2.33. The Morgan fingerprint density at radius 3 is 2.62 bits per heavy atom. The van der Waals surface area contributed by atoms with Gasteiger partial charge in [0.05, 0.1) is 5.60 Å². The molecule has 70 valence electrons. The zero-order valence-electron chi connectivity index (χ0n) is 7.68. The maximum absolute atomic E-state index is 13.1. The van der Waals surface area contributed by atoms with Gasteiger partial charge in [-0.2, -0.15) is 0 Å². The lowest BCUT2D eigenvalue weighted by Crippen LogP contribution is -2.05. The van der Waals surface area contributed by atoms with Gasteiger partial charge >= 0.3 is 0 Å². The van der Waals surface area contributed by atoms with E-state index in [1.165, 1.54) is 12.1 Å². The molecule has 1 aromatic carbocycles. The zero-order chi connectivity index (χ0) is 9.47. The molecule has 0 unspecified atom stereocenters. The van der Waals surface area contributed by atoms with Crippen molar-refractivity contribution >= 4 is 0 Å². The first-order chi connectivity index (χ1) is 6.14. The van der Waals surface area contributed by atoms with Crippen molar-refractivity contribution in [2.75, 3.05) is 0 Å². The van der Waals surface area contributed by atoms with Gasteiger partial charge in [0.1, 0.15) is 5.82 Å². The van der Waals surface area contributed by atoms with Crippen molar-refractivity contribution in [3.8, 4) is 0 Å². The molecule has 0 saturated heterocycles. The summed E-state index contributed by atoms with van der Waals surface area (Å²) in [5, 5.41) is 9.78. The van der Waals surface area contributed by atoms with Crippen LogP contribution in [0.5, 0.6) is 0 Å². The molecule has 0 amide bonds. The Kier molecular flexibility index (Phi) is 1.88. The molecule has 2 rings (SSSR count). The van der Waals surface area contributed by atoms with Crippen LogP contribution in [-0.4, -0.2) is 5.11 Å². The number of benzene rings is 1. The van der Waals surface area contributed by atoms with E-state index >= 15 is 0 Å². The maximum Gasteiger partial charge on any atom is 0.123 e. The largest absolute Gasteiger partial charge is 0.385 e. The number of aryl methyl sites for hydroxylation is 1. The van der Waals surface area contributed by atoms with E-state index < -0.39 is 5.60 Å². The molecule has 1 aromatic rings. The summed E-state index contributed by atoms with van der Waals surface area (Å²) in [6, 6.07) is 4.86. The summed E-state index contributed by atoms with van der Waals surface area (Å²) in [7, 11) is 0. The van der Waals surface area contributed by atoms with Crippen LogP contribution < -0.4 is 0 Å². The number of aliphatic hydroxyl groups is 1. The van der Waals surface area contributed by atoms with E-state index in [2.05, 4.69) is 0 Å². The van der Waals surface area contributed by atoms with Crippen molar-refractivity contribution < 1.29 is 9.50 Å². The van der Waals surface area contributed by atoms with Crippen LogP contribution in [0.2, 0.25) is 0 Å². The Hall–Kier alpha value is -0.890. The molecule has 1 aliphatic rings. The Morgan fingerprint density at radius 2 is 2.08 bits per heavy atom. The minimum absolute atomic E-state index is 0.241. The van der Waals surface area contributed by atoms with Crippen LogP contribution in [0.3, 0.4) is 0 Å². The molecule has 1 fully saturated rings. The van der Waals surface area contributed by atoms with E-state index in [9.17, 15) is 9.50 Å². The molecule has 1 aliphatic carbocycles. The normalized spacial score (nSPS) is 18.7. The molecular weight excluding hydrogens is 167 g/mol. The van der Waals surface area contributed by atoms with E-state index in [4.69, 9.17) is 0 Å². The number of halogens is 1. The predicted molar refractivity (Wildman–Crippen MR) is 48.9 cm³/mol. The van der Waals surface area contributed by atoms with Crippen molar-refractivity contribution in [3.05, 3.63) is 35.1 Å². The van der Waals surface area contributed by atoms with Crippen LogP contribution >= 0.6 is 0 Å². The van der Waals surface area contributed by atoms with Crippen LogP contribution in [0.15, 0.2) is 18.2 Å². The van der Waals surface area contributed by atoms with Crippen molar-refractivity contribution in [1.29, 1.82) is 0 Å². The molecular formula is C11H13FO. The van der Waals surface area contributed by atoms with Gasteiger partial charge in [0, 0.05) is 0 Å². The molecule has 1 N–H and O–H groups in total. The van der Waals surface area contributed by atoms with E-state index in [0.29, 0.717) is 0 Å². The van der Waals surface area contributed by atoms with Crippen molar-refractivity contribution in [1.82, 2.24) is 0 Å². The van der Waals surface area contributed by atoms with Gasteiger partial charge < -0.3 is 5.11 Å². The molecule has 0 aromatic heterocycles. The second kappa shape index (κ2) is 2.81. The Bertz CT molecular complexity index is 329. The first-order valence-corrected chi connectivity index (χ1v) is 4.66. The standard InChI is InChI=1S/C11H13FO/c1-2-8-5-9(7-10(12)6-8)11(13)3-4-11/h5-7,13H,2-4H2,1H3. The van der Waals surface area contributed by atoms with E-state index in [-0.39, 0.29) is 5.82 Å². The molecule has 1 nitrogen and oxygen atoms in total. The highest BCUT2D eigenvalue weighted by Crippen LogP contribution is 2.45. The lowest BCUT2D eigenvalue weighted by molar-refractivity contribution is 0.151. The van der Waals surface area contributed by atoms with Gasteiger partial charge in [0.15, 0.2) is 0 Å². The predicted octanol–water partition coefficient (Wildman–Crippen LogP) is 2.37. The second-order valence-electron chi connectivity index (χ2n) is 3.73. The van der Waals surface area contributed by atoms with E-state index in [0.717, 1.165) is 30.4 Å². The van der Waals surface area contributed by atoms with Crippen LogP contribution in [-0.2, 0) is 12.0 Å². The molecule has 0 atom stereocenters. The SMILES string of the molecule is CCc1cc(F)cc(C2(O)CC2)c1. The lowest BCUT2D eigenvalue weighted by Gasteiger charge is -2.09. The van der Waals surface area contributed by atoms with E-state index in [1.54, 1.807) is 0 Å². The van der Waals surface area contributed by atoms with Gasteiger partial charge in [-0.15, -0.1) is 0 Å². The summed E-state index contributed by atoms with van der Waals surface area (Å²) in [5.41, 5.74) is 0.978. The quantitative estimate of drug-likeness (QED) is 0.740. The van der Waals surface area contributed by atoms with Gasteiger partial charge in [0.2, 0.25) is 0 Å². The third-order valence-electron chi connectivity index (χ3n) is 2.63. The highest BCUT2D eigenvalue weighted by atomic mass is 19.1. The number of hydrogen-bond acceptors (Lipinski definition) is 1. The third-order valence-corrected chi connectivity index (χ3v) is 2.63. The van der Waals surface area contributed by atoms with Crippen LogP contribution in [0.4, 0.5) is 4.39 Å². The fraction of sp³-hybridized carbons (Fsp3) is 0.455. The van der Waals surface area contributed by atoms with Crippen molar-refractivity contribution in [2.24, 2.45) is 0 Å². The second-order valence-corrected chi connectivity index (χ2v) is 3.73. The van der Waals surface area contributed by atoms with E-state index in [1.807, 2.05) is 13.0 Å². The summed E-state index contributed by atoms with van der Waals surface area (Å²) in [4.78, 5) is 0. The topological polar surface area (TPSA) is 20.2 Å². The average molecular weight is 180 g/mol. The smallest absolute Gasteiger partial charge is 0.123 e. The lowest BCUT2D eigenvalue weighted by atomic mass is 10.0. The first-order valence-electron chi connectivity index (χ1n) is 4.66. The monoisotopic (exact) mass is 180 g/mol. The van der Waals surface area contributed by atoms with Crippen LogP contribution in [0, 0.1) is 5.82 Å². The molecule has 13 heavy (non-hydrogen) atoms. The average Bonchev–Trinajstić information content (AvgIpc) is 2.84. The molecule has 0 aliphatic heterocycles. The fourth-order valence-corrected chi connectivity index (χ4v) is 1.53. The highest BCUT2D eigenvalue weighted by Gasteiger charge is 2.42. The molecule has 1 saturated carbocycles. The van der Waals surface area contributed by atoms with Gasteiger partial charge in [-0.1, -0.05) is 13.0 Å². The summed E-state index contributed by atoms with van der Waals surface area (Å²) < 4.78 is 13.1. The summed E-state index contributed by atoms with van der Waals surface area (Å²) >= 11 is 0. The Labute approximate surface area is 77.2 Å². The fourth-order valence-electron chi connectivity index (χ4n) is 1.53. The van der Waals surface area contributed by atoms with Crippen molar-refractivity contribution in [2.45, 2.75) is 31.8 Å². The summed E-state index contributed by atoms with van der Waals surface area (Å²) in [6.45, 7) is 1.98. The molecule has 2 heteroatoms. The minimum Gasteiger partial charge on any atom is -0.385 e. The zero-order valence-corrected chi connectivity index (χ0v) is 7.68. The number of rotatable bonds is 2. The van der Waals surface area contributed by atoms with Gasteiger partial charge in [-0.25, -0.2) is 4.39 Å². The van der Waals surface area contributed by atoms with Gasteiger partial charge in [0.25, 0.3) is 0 Å². The highest BCUT2D eigenvalue weighted by molar-refractivity contribution is 5.32. The summed E-state index contributed by atoms with van der Waals surface area (Å²) in [5.74, 6) is -0.241. The minimum atomic E-state index is -0.716. The van der Waals surface area contributed by atoms with Crippen molar-refractivity contribution in [3.63, 3.8) is 0 Å². The molecule has 0 bridgehead atoms. The maximum atomic E-state index is 13.1. The van der Waals surface area contributed by atoms with Crippen LogP contribution in [0.25, 0.3) is 0 Å². The Balaban J connectivity index is 2.40. The molecule has 0 heterocycles. The van der Waals surface area contributed by atoms with Gasteiger partial charge in [-0.05, 0) is 42.5 Å². The third kappa shape index (κ3) is 1.59. The first kappa shape index (κ1) is 8.70.